The SMILES string of the molecule is CC1(C)C(C=C2C(=O)C(c3ccc4c(c3)C3CCCC3N4c3ccc4c(c3)C(C)(C)c3ccccc3-4)=C2[O-])=[N+](CCC(=O)O)c2ccccc21. The number of hydrogen-bond acceptors (Lipinski definition) is 4. The van der Waals surface area contributed by atoms with Gasteiger partial charge in [-0.05, 0) is 84.3 Å². The summed E-state index contributed by atoms with van der Waals surface area (Å²) in [4.78, 5) is 27.9. The van der Waals surface area contributed by atoms with E-state index in [0.29, 0.717) is 17.5 Å². The minimum absolute atomic E-state index is 0.0540. The number of aliphatic carboxylic acids is 1. The van der Waals surface area contributed by atoms with Crippen molar-refractivity contribution in [2.75, 3.05) is 11.4 Å². The third-order valence-electron chi connectivity index (χ3n) is 12.2. The highest BCUT2D eigenvalue weighted by molar-refractivity contribution is 6.40. The Morgan fingerprint density at radius 1 is 0.900 bits per heavy atom. The second-order valence-corrected chi connectivity index (χ2v) is 15.6. The van der Waals surface area contributed by atoms with Gasteiger partial charge in [0.15, 0.2) is 18.0 Å². The summed E-state index contributed by atoms with van der Waals surface area (Å²) < 4.78 is 1.96. The molecule has 9 rings (SSSR count). The van der Waals surface area contributed by atoms with E-state index >= 15 is 0 Å². The summed E-state index contributed by atoms with van der Waals surface area (Å²) in [5, 5.41) is 23.3. The number of carbonyl (C=O) groups excluding carboxylic acids is 1. The molecule has 0 saturated heterocycles. The molecular formula is C44H40N2O4. The van der Waals surface area contributed by atoms with Gasteiger partial charge in [-0.25, -0.2) is 0 Å². The fourth-order valence-corrected chi connectivity index (χ4v) is 9.68. The van der Waals surface area contributed by atoms with Crippen molar-refractivity contribution < 1.29 is 24.4 Å². The van der Waals surface area contributed by atoms with Crippen LogP contribution >= 0.6 is 0 Å². The Labute approximate surface area is 292 Å². The molecule has 0 radical (unpaired) electrons. The molecule has 5 aliphatic rings. The standard InChI is InChI=1S/C44H40N2O4/c1-43(2)32-12-6-5-10-27(32)28-18-17-26(23-34(28)43)46-35-15-9-11-29(35)30-22-25(16-19-36(30)46)40-41(49)31(42(40)50)24-38-44(3,4)33-13-7-8-14-37(33)45(38)21-20-39(47)48/h5-8,10,12-14,16-19,22-24,29,35H,9,11,15,20-21H2,1-4H3,(H-,47,48,49,50). The molecule has 1 fully saturated rings. The van der Waals surface area contributed by atoms with Crippen LogP contribution in [0.25, 0.3) is 16.7 Å². The van der Waals surface area contributed by atoms with Crippen LogP contribution < -0.4 is 10.0 Å². The van der Waals surface area contributed by atoms with Gasteiger partial charge >= 0.3 is 5.97 Å². The van der Waals surface area contributed by atoms with Crippen molar-refractivity contribution in [3.8, 4) is 11.1 Å². The summed E-state index contributed by atoms with van der Waals surface area (Å²) in [5.41, 5.74) is 12.2. The molecule has 4 aromatic rings. The summed E-state index contributed by atoms with van der Waals surface area (Å²) in [6.07, 6.45) is 5.00. The van der Waals surface area contributed by atoms with E-state index in [9.17, 15) is 19.8 Å². The molecule has 6 nitrogen and oxygen atoms in total. The fourth-order valence-electron chi connectivity index (χ4n) is 9.68. The number of rotatable bonds is 6. The number of nitrogens with zero attached hydrogens (tertiary/aromatic N) is 2. The minimum atomic E-state index is -0.893. The zero-order valence-electron chi connectivity index (χ0n) is 28.9. The molecule has 2 unspecified atom stereocenters. The van der Waals surface area contributed by atoms with Crippen LogP contribution in [0.4, 0.5) is 17.1 Å². The highest BCUT2D eigenvalue weighted by Gasteiger charge is 2.47. The van der Waals surface area contributed by atoms with Gasteiger partial charge in [0.05, 0.1) is 5.41 Å². The highest BCUT2D eigenvalue weighted by atomic mass is 16.4. The van der Waals surface area contributed by atoms with E-state index in [2.05, 4.69) is 87.2 Å². The Hall–Kier alpha value is -5.23. The molecule has 4 aromatic carbocycles. The Bertz CT molecular complexity index is 2290. The fraction of sp³-hybridized carbons (Fsp3) is 0.295. The van der Waals surface area contributed by atoms with E-state index < -0.39 is 11.4 Å². The molecule has 50 heavy (non-hydrogen) atoms. The number of anilines is 2. The molecule has 0 bridgehead atoms. The van der Waals surface area contributed by atoms with Gasteiger partial charge in [-0.3, -0.25) is 9.59 Å². The Morgan fingerprint density at radius 2 is 1.64 bits per heavy atom. The van der Waals surface area contributed by atoms with Crippen LogP contribution in [-0.2, 0) is 20.4 Å². The molecule has 250 valence electrons. The predicted molar refractivity (Wildman–Crippen MR) is 194 cm³/mol. The number of fused-ring (bicyclic) bond motifs is 7. The summed E-state index contributed by atoms with van der Waals surface area (Å²) in [7, 11) is 0. The second-order valence-electron chi connectivity index (χ2n) is 15.6. The zero-order chi connectivity index (χ0) is 34.7. The summed E-state index contributed by atoms with van der Waals surface area (Å²) in [6, 6.07) is 30.1. The van der Waals surface area contributed by atoms with Gasteiger partial charge in [-0.15, -0.1) is 0 Å². The van der Waals surface area contributed by atoms with Gasteiger partial charge in [0.25, 0.3) is 0 Å². The monoisotopic (exact) mass is 660 g/mol. The van der Waals surface area contributed by atoms with Crippen molar-refractivity contribution in [2.45, 2.75) is 76.2 Å². The van der Waals surface area contributed by atoms with E-state index in [1.54, 1.807) is 6.08 Å². The molecule has 6 heteroatoms. The minimum Gasteiger partial charge on any atom is -0.871 e. The molecule has 2 aliphatic heterocycles. The lowest BCUT2D eigenvalue weighted by atomic mass is 9.77. The Morgan fingerprint density at radius 3 is 2.42 bits per heavy atom. The van der Waals surface area contributed by atoms with Crippen molar-refractivity contribution in [3.63, 3.8) is 0 Å². The van der Waals surface area contributed by atoms with E-state index in [1.807, 2.05) is 34.9 Å². The number of carboxylic acid groups (broad SMARTS) is 1. The third kappa shape index (κ3) is 4.17. The van der Waals surface area contributed by atoms with Crippen LogP contribution in [0.1, 0.15) is 87.1 Å². The van der Waals surface area contributed by atoms with Gasteiger partial charge in [-0.1, -0.05) is 80.6 Å². The average Bonchev–Trinajstić information content (AvgIpc) is 3.81. The summed E-state index contributed by atoms with van der Waals surface area (Å²) in [5.74, 6) is -1.03. The molecule has 3 aliphatic carbocycles. The molecule has 0 aromatic heterocycles. The van der Waals surface area contributed by atoms with Crippen LogP contribution in [0.15, 0.2) is 102 Å². The molecule has 1 saturated carbocycles. The van der Waals surface area contributed by atoms with Gasteiger partial charge in [0, 0.05) is 57.6 Å². The van der Waals surface area contributed by atoms with Crippen molar-refractivity contribution in [1.29, 1.82) is 0 Å². The molecule has 0 amide bonds. The van der Waals surface area contributed by atoms with Crippen LogP contribution in [0.3, 0.4) is 0 Å². The number of ketones is 1. The Kier molecular flexibility index (Phi) is 6.55. The molecule has 2 atom stereocenters. The normalized spacial score (nSPS) is 22.8. The van der Waals surface area contributed by atoms with Crippen LogP contribution in [-0.4, -0.2) is 39.7 Å². The summed E-state index contributed by atoms with van der Waals surface area (Å²) >= 11 is 0. The van der Waals surface area contributed by atoms with E-state index in [1.165, 1.54) is 39.2 Å². The van der Waals surface area contributed by atoms with Gasteiger partial charge in [-0.2, -0.15) is 4.58 Å². The van der Waals surface area contributed by atoms with E-state index in [0.717, 1.165) is 36.2 Å². The lowest BCUT2D eigenvalue weighted by Crippen LogP contribution is -2.34. The van der Waals surface area contributed by atoms with E-state index in [4.69, 9.17) is 0 Å². The quantitative estimate of drug-likeness (QED) is 0.168. The lowest BCUT2D eigenvalue weighted by molar-refractivity contribution is -0.436. The first-order chi connectivity index (χ1) is 24.0. The predicted octanol–water partition coefficient (Wildman–Crippen LogP) is 7.91. The topological polar surface area (TPSA) is 83.7 Å². The second kappa shape index (κ2) is 10.6. The third-order valence-corrected chi connectivity index (χ3v) is 12.2. The van der Waals surface area contributed by atoms with Crippen LogP contribution in [0.5, 0.6) is 0 Å². The number of benzene rings is 4. The first kappa shape index (κ1) is 30.8. The Balaban J connectivity index is 1.08. The van der Waals surface area contributed by atoms with E-state index in [-0.39, 0.29) is 41.1 Å². The zero-order valence-corrected chi connectivity index (χ0v) is 28.9. The largest absolute Gasteiger partial charge is 0.871 e. The average molecular weight is 661 g/mol. The molecule has 2 heterocycles. The summed E-state index contributed by atoms with van der Waals surface area (Å²) in [6.45, 7) is 9.00. The first-order valence-electron chi connectivity index (χ1n) is 17.8. The maximum Gasteiger partial charge on any atom is 0.309 e. The highest BCUT2D eigenvalue weighted by Crippen LogP contribution is 2.56. The van der Waals surface area contributed by atoms with Gasteiger partial charge in [0.2, 0.25) is 5.69 Å². The van der Waals surface area contributed by atoms with Gasteiger partial charge < -0.3 is 15.1 Å². The van der Waals surface area contributed by atoms with Crippen molar-refractivity contribution >= 4 is 40.1 Å². The number of Topliss-reactive ketones (excluding diaryl/α,β-unsaturated/α-hetero) is 1. The number of hydrogen-bond donors (Lipinski definition) is 1. The molecule has 0 spiro atoms. The smallest absolute Gasteiger partial charge is 0.309 e. The van der Waals surface area contributed by atoms with Crippen molar-refractivity contribution in [1.82, 2.24) is 0 Å². The first-order valence-corrected chi connectivity index (χ1v) is 17.8. The van der Waals surface area contributed by atoms with Crippen molar-refractivity contribution in [2.24, 2.45) is 0 Å². The maximum atomic E-state index is 13.8. The number of carboxylic acids is 1. The van der Waals surface area contributed by atoms with Crippen LogP contribution in [0.2, 0.25) is 0 Å². The lowest BCUT2D eigenvalue weighted by Gasteiger charge is -2.31. The number of para-hydroxylation sites is 1. The molecular weight excluding hydrogens is 620 g/mol. The molecule has 1 N–H and O–H groups in total. The van der Waals surface area contributed by atoms with Crippen LogP contribution in [0, 0.1) is 0 Å². The van der Waals surface area contributed by atoms with Crippen molar-refractivity contribution in [3.05, 3.63) is 130 Å². The number of carbonyl (C=O) groups is 2. The maximum absolute atomic E-state index is 13.8. The van der Waals surface area contributed by atoms with Gasteiger partial charge in [0.1, 0.15) is 6.42 Å². The number of allylic oxidation sites excluding steroid dienone is 3.